The van der Waals surface area contributed by atoms with E-state index < -0.39 is 0 Å². The van der Waals surface area contributed by atoms with Gasteiger partial charge in [0.2, 0.25) is 5.91 Å². The van der Waals surface area contributed by atoms with Crippen LogP contribution in [0.5, 0.6) is 5.75 Å². The number of benzene rings is 2. The van der Waals surface area contributed by atoms with Gasteiger partial charge >= 0.3 is 0 Å². The van der Waals surface area contributed by atoms with Gasteiger partial charge in [0.15, 0.2) is 0 Å². The molecule has 0 saturated heterocycles. The molecule has 0 aliphatic heterocycles. The van der Waals surface area contributed by atoms with Crippen molar-refractivity contribution < 1.29 is 9.53 Å². The number of carbonyl (C=O) groups excluding carboxylic acids is 1. The zero-order valence-electron chi connectivity index (χ0n) is 14.0. The van der Waals surface area contributed by atoms with Gasteiger partial charge in [0.05, 0.1) is 13.2 Å². The maximum atomic E-state index is 12.3. The minimum Gasteiger partial charge on any atom is -0.497 e. The monoisotopic (exact) mass is 312 g/mol. The number of carbonyl (C=O) groups is 1. The summed E-state index contributed by atoms with van der Waals surface area (Å²) < 4.78 is 5.13. The van der Waals surface area contributed by atoms with Crippen molar-refractivity contribution in [2.75, 3.05) is 14.2 Å². The molecule has 23 heavy (non-hydrogen) atoms. The SMILES string of the molecule is COc1ccc(CNC(=O)[C@@H](C)N(C)Cc2ccccc2)cc1. The molecule has 2 aromatic carbocycles. The summed E-state index contributed by atoms with van der Waals surface area (Å²) in [6, 6.07) is 17.7. The standard InChI is InChI=1S/C19H24N2O2/c1-15(21(2)14-17-7-5-4-6-8-17)19(22)20-13-16-9-11-18(23-3)12-10-16/h4-12,15H,13-14H2,1-3H3,(H,20,22)/t15-/m1/s1. The second-order valence-electron chi connectivity index (χ2n) is 5.64. The summed E-state index contributed by atoms with van der Waals surface area (Å²) in [5, 5.41) is 2.98. The molecule has 2 rings (SSSR count). The van der Waals surface area contributed by atoms with Gasteiger partial charge in [-0.25, -0.2) is 0 Å². The van der Waals surface area contributed by atoms with Crippen LogP contribution in [0.1, 0.15) is 18.1 Å². The lowest BCUT2D eigenvalue weighted by Gasteiger charge is -2.24. The third-order valence-corrected chi connectivity index (χ3v) is 3.94. The molecule has 122 valence electrons. The molecule has 0 aliphatic rings. The van der Waals surface area contributed by atoms with E-state index in [1.807, 2.05) is 61.3 Å². The van der Waals surface area contributed by atoms with Crippen molar-refractivity contribution in [1.29, 1.82) is 0 Å². The van der Waals surface area contributed by atoms with Crippen LogP contribution < -0.4 is 10.1 Å². The molecule has 4 nitrogen and oxygen atoms in total. The zero-order chi connectivity index (χ0) is 16.7. The Morgan fingerprint density at radius 1 is 1.09 bits per heavy atom. The van der Waals surface area contributed by atoms with Gasteiger partial charge in [-0.2, -0.15) is 0 Å². The third kappa shape index (κ3) is 5.11. The number of nitrogens with one attached hydrogen (secondary N) is 1. The van der Waals surface area contributed by atoms with E-state index >= 15 is 0 Å². The van der Waals surface area contributed by atoms with Gasteiger partial charge in [-0.3, -0.25) is 9.69 Å². The van der Waals surface area contributed by atoms with E-state index in [4.69, 9.17) is 4.74 Å². The molecule has 0 aromatic heterocycles. The van der Waals surface area contributed by atoms with Gasteiger partial charge < -0.3 is 10.1 Å². The van der Waals surface area contributed by atoms with Crippen LogP contribution in [0.3, 0.4) is 0 Å². The molecule has 1 atom stereocenters. The molecule has 1 N–H and O–H groups in total. The van der Waals surface area contributed by atoms with Crippen LogP contribution in [0.4, 0.5) is 0 Å². The van der Waals surface area contributed by atoms with E-state index in [0.29, 0.717) is 6.54 Å². The van der Waals surface area contributed by atoms with Gasteiger partial charge in [-0.05, 0) is 37.2 Å². The average molecular weight is 312 g/mol. The predicted molar refractivity (Wildman–Crippen MR) is 92.2 cm³/mol. The second-order valence-corrected chi connectivity index (χ2v) is 5.64. The number of likely N-dealkylation sites (N-methyl/N-ethyl adjacent to an activating group) is 1. The Morgan fingerprint density at radius 2 is 1.74 bits per heavy atom. The van der Waals surface area contributed by atoms with Crippen LogP contribution in [-0.4, -0.2) is 31.0 Å². The van der Waals surface area contributed by atoms with Crippen LogP contribution in [-0.2, 0) is 17.9 Å². The Balaban J connectivity index is 1.84. The first-order chi connectivity index (χ1) is 11.1. The first kappa shape index (κ1) is 17.0. The lowest BCUT2D eigenvalue weighted by Crippen LogP contribution is -2.42. The summed E-state index contributed by atoms with van der Waals surface area (Å²) in [7, 11) is 3.60. The molecule has 0 unspecified atom stereocenters. The van der Waals surface area contributed by atoms with E-state index in [2.05, 4.69) is 17.4 Å². The summed E-state index contributed by atoms with van der Waals surface area (Å²) in [6.07, 6.45) is 0. The van der Waals surface area contributed by atoms with Gasteiger partial charge in [-0.1, -0.05) is 42.5 Å². The molecule has 2 aromatic rings. The lowest BCUT2D eigenvalue weighted by atomic mass is 10.1. The molecule has 0 heterocycles. The van der Waals surface area contributed by atoms with Crippen molar-refractivity contribution in [2.24, 2.45) is 0 Å². The Labute approximate surface area is 138 Å². The number of methoxy groups -OCH3 is 1. The molecule has 0 radical (unpaired) electrons. The molecule has 4 heteroatoms. The zero-order valence-corrected chi connectivity index (χ0v) is 14.0. The Hall–Kier alpha value is -2.33. The highest BCUT2D eigenvalue weighted by atomic mass is 16.5. The molecule has 0 bridgehead atoms. The highest BCUT2D eigenvalue weighted by Gasteiger charge is 2.17. The maximum Gasteiger partial charge on any atom is 0.237 e. The van der Waals surface area contributed by atoms with Gasteiger partial charge in [0, 0.05) is 13.1 Å². The number of ether oxygens (including phenoxy) is 1. The van der Waals surface area contributed by atoms with E-state index in [-0.39, 0.29) is 11.9 Å². The second kappa shape index (κ2) is 8.34. The van der Waals surface area contributed by atoms with Crippen molar-refractivity contribution in [1.82, 2.24) is 10.2 Å². The molecular formula is C19H24N2O2. The fourth-order valence-electron chi connectivity index (χ4n) is 2.29. The summed E-state index contributed by atoms with van der Waals surface area (Å²) in [4.78, 5) is 14.3. The van der Waals surface area contributed by atoms with Gasteiger partial charge in [0.25, 0.3) is 0 Å². The normalized spacial score (nSPS) is 12.0. The van der Waals surface area contributed by atoms with Crippen molar-refractivity contribution in [3.05, 3.63) is 65.7 Å². The van der Waals surface area contributed by atoms with Crippen molar-refractivity contribution in [2.45, 2.75) is 26.1 Å². The summed E-state index contributed by atoms with van der Waals surface area (Å²) >= 11 is 0. The van der Waals surface area contributed by atoms with E-state index in [1.54, 1.807) is 7.11 Å². The van der Waals surface area contributed by atoms with Crippen LogP contribution in [0.15, 0.2) is 54.6 Å². The van der Waals surface area contributed by atoms with Crippen LogP contribution in [0.2, 0.25) is 0 Å². The third-order valence-electron chi connectivity index (χ3n) is 3.94. The van der Waals surface area contributed by atoms with Crippen LogP contribution >= 0.6 is 0 Å². The number of hydrogen-bond donors (Lipinski definition) is 1. The largest absolute Gasteiger partial charge is 0.497 e. The topological polar surface area (TPSA) is 41.6 Å². The fraction of sp³-hybridized carbons (Fsp3) is 0.316. The number of nitrogens with zero attached hydrogens (tertiary/aromatic N) is 1. The quantitative estimate of drug-likeness (QED) is 0.855. The number of hydrogen-bond acceptors (Lipinski definition) is 3. The summed E-state index contributed by atoms with van der Waals surface area (Å²) in [5.74, 6) is 0.843. The molecule has 0 saturated carbocycles. The first-order valence-electron chi connectivity index (χ1n) is 7.75. The van der Waals surface area contributed by atoms with E-state index in [9.17, 15) is 4.79 Å². The van der Waals surface area contributed by atoms with Crippen molar-refractivity contribution in [3.8, 4) is 5.75 Å². The average Bonchev–Trinajstić information content (AvgIpc) is 2.60. The predicted octanol–water partition coefficient (Wildman–Crippen LogP) is 2.83. The highest BCUT2D eigenvalue weighted by Crippen LogP contribution is 2.11. The summed E-state index contributed by atoms with van der Waals surface area (Å²) in [5.41, 5.74) is 2.25. The Morgan fingerprint density at radius 3 is 2.35 bits per heavy atom. The van der Waals surface area contributed by atoms with Crippen LogP contribution in [0.25, 0.3) is 0 Å². The minimum absolute atomic E-state index is 0.0271. The highest BCUT2D eigenvalue weighted by molar-refractivity contribution is 5.81. The van der Waals surface area contributed by atoms with Gasteiger partial charge in [0.1, 0.15) is 5.75 Å². The first-order valence-corrected chi connectivity index (χ1v) is 7.75. The molecule has 0 aliphatic carbocycles. The molecular weight excluding hydrogens is 288 g/mol. The maximum absolute atomic E-state index is 12.3. The number of amides is 1. The Kier molecular flexibility index (Phi) is 6.18. The van der Waals surface area contributed by atoms with Crippen molar-refractivity contribution in [3.63, 3.8) is 0 Å². The minimum atomic E-state index is -0.187. The van der Waals surface area contributed by atoms with Gasteiger partial charge in [-0.15, -0.1) is 0 Å². The van der Waals surface area contributed by atoms with Crippen molar-refractivity contribution >= 4 is 5.91 Å². The molecule has 0 spiro atoms. The van der Waals surface area contributed by atoms with E-state index in [1.165, 1.54) is 5.56 Å². The van der Waals surface area contributed by atoms with E-state index in [0.717, 1.165) is 17.9 Å². The Bertz CT molecular complexity index is 611. The summed E-state index contributed by atoms with van der Waals surface area (Å²) in [6.45, 7) is 3.19. The smallest absolute Gasteiger partial charge is 0.237 e. The molecule has 0 fully saturated rings. The molecule has 1 amide bonds. The number of rotatable bonds is 7. The van der Waals surface area contributed by atoms with Crippen LogP contribution in [0, 0.1) is 0 Å². The fourth-order valence-corrected chi connectivity index (χ4v) is 2.29. The lowest BCUT2D eigenvalue weighted by molar-refractivity contribution is -0.125.